The number of aliphatic hydroxyl groups is 1. The monoisotopic (exact) mass is 342 g/mol. The summed E-state index contributed by atoms with van der Waals surface area (Å²) >= 11 is 3.65. The molecule has 0 spiro atoms. The number of hydrogen-bond donors (Lipinski definition) is 1. The Hall–Kier alpha value is -0.350. The van der Waals surface area contributed by atoms with Crippen LogP contribution in [-0.4, -0.2) is 21.0 Å². The summed E-state index contributed by atoms with van der Waals surface area (Å²) in [6.45, 7) is 2.11. The van der Waals surface area contributed by atoms with Crippen molar-refractivity contribution in [1.82, 2.24) is 9.78 Å². The number of rotatable bonds is 4. The first-order chi connectivity index (χ1) is 9.63. The normalized spacial score (nSPS) is 19.6. The predicted molar refractivity (Wildman–Crippen MR) is 85.8 cm³/mol. The molecule has 1 saturated carbocycles. The van der Waals surface area contributed by atoms with Crippen molar-refractivity contribution in [2.75, 3.05) is 0 Å². The lowest BCUT2D eigenvalue weighted by Gasteiger charge is -2.25. The van der Waals surface area contributed by atoms with Crippen molar-refractivity contribution in [3.8, 4) is 0 Å². The van der Waals surface area contributed by atoms with Crippen molar-refractivity contribution in [1.29, 1.82) is 0 Å². The van der Waals surface area contributed by atoms with E-state index >= 15 is 0 Å². The van der Waals surface area contributed by atoms with Gasteiger partial charge in [-0.1, -0.05) is 39.0 Å². The Bertz CT molecular complexity index is 422. The van der Waals surface area contributed by atoms with Crippen LogP contribution in [0.4, 0.5) is 0 Å². The van der Waals surface area contributed by atoms with E-state index in [9.17, 15) is 5.11 Å². The minimum atomic E-state index is -0.232. The average molecular weight is 343 g/mol. The highest BCUT2D eigenvalue weighted by Crippen LogP contribution is 2.29. The first kappa shape index (κ1) is 16.0. The first-order valence-electron chi connectivity index (χ1n) is 8.01. The van der Waals surface area contributed by atoms with Gasteiger partial charge in [-0.15, -0.1) is 0 Å². The Kier molecular flexibility index (Phi) is 6.09. The van der Waals surface area contributed by atoms with Crippen LogP contribution in [0.5, 0.6) is 0 Å². The molecular formula is C16H27BrN2O. The molecule has 1 N–H and O–H groups in total. The fourth-order valence-electron chi connectivity index (χ4n) is 3.28. The number of hydrogen-bond acceptors (Lipinski definition) is 2. The summed E-state index contributed by atoms with van der Waals surface area (Å²) in [4.78, 5) is 0. The smallest absolute Gasteiger partial charge is 0.0766 e. The Balaban J connectivity index is 2.02. The van der Waals surface area contributed by atoms with Gasteiger partial charge in [-0.25, -0.2) is 0 Å². The molecule has 1 aromatic rings. The summed E-state index contributed by atoms with van der Waals surface area (Å²) in [6.07, 6.45) is 10.3. The molecule has 0 aliphatic heterocycles. The lowest BCUT2D eigenvalue weighted by atomic mass is 9.85. The summed E-state index contributed by atoms with van der Waals surface area (Å²) in [5.41, 5.74) is 2.23. The lowest BCUT2D eigenvalue weighted by molar-refractivity contribution is 0.0894. The zero-order valence-corrected chi connectivity index (χ0v) is 14.3. The van der Waals surface area contributed by atoms with Crippen LogP contribution in [0.3, 0.4) is 0 Å². The lowest BCUT2D eigenvalue weighted by Crippen LogP contribution is -2.25. The van der Waals surface area contributed by atoms with Gasteiger partial charge in [0.25, 0.3) is 0 Å². The molecule has 3 nitrogen and oxygen atoms in total. The molecule has 0 amide bonds. The molecule has 0 bridgehead atoms. The van der Waals surface area contributed by atoms with E-state index in [0.717, 1.165) is 28.7 Å². The maximum Gasteiger partial charge on any atom is 0.0766 e. The molecule has 1 atom stereocenters. The summed E-state index contributed by atoms with van der Waals surface area (Å²) in [5, 5.41) is 15.1. The molecule has 20 heavy (non-hydrogen) atoms. The van der Waals surface area contributed by atoms with Gasteiger partial charge >= 0.3 is 0 Å². The second-order valence-electron chi connectivity index (χ2n) is 6.06. The maximum atomic E-state index is 10.6. The number of aromatic nitrogens is 2. The molecule has 1 heterocycles. The van der Waals surface area contributed by atoms with Crippen molar-refractivity contribution in [2.45, 2.75) is 70.8 Å². The van der Waals surface area contributed by atoms with E-state index in [4.69, 9.17) is 0 Å². The molecular weight excluding hydrogens is 316 g/mol. The molecule has 1 fully saturated rings. The van der Waals surface area contributed by atoms with Gasteiger partial charge in [-0.3, -0.25) is 4.68 Å². The van der Waals surface area contributed by atoms with Crippen LogP contribution in [0.25, 0.3) is 0 Å². The van der Waals surface area contributed by atoms with Crippen LogP contribution in [0, 0.1) is 5.92 Å². The molecule has 0 saturated heterocycles. The minimum Gasteiger partial charge on any atom is -0.392 e. The predicted octanol–water partition coefficient (Wildman–Crippen LogP) is 4.01. The van der Waals surface area contributed by atoms with E-state index in [1.54, 1.807) is 0 Å². The Morgan fingerprint density at radius 3 is 2.40 bits per heavy atom. The fourth-order valence-corrected chi connectivity index (χ4v) is 4.06. The van der Waals surface area contributed by atoms with Crippen molar-refractivity contribution >= 4 is 15.9 Å². The van der Waals surface area contributed by atoms with Crippen LogP contribution in [-0.2, 0) is 19.9 Å². The van der Waals surface area contributed by atoms with Gasteiger partial charge in [0.1, 0.15) is 0 Å². The molecule has 4 heteroatoms. The maximum absolute atomic E-state index is 10.6. The third-order valence-corrected chi connectivity index (χ3v) is 5.51. The molecule has 0 aromatic carbocycles. The molecule has 0 radical (unpaired) electrons. The van der Waals surface area contributed by atoms with Gasteiger partial charge in [-0.05, 0) is 41.1 Å². The second kappa shape index (κ2) is 7.60. The fraction of sp³-hybridized carbons (Fsp3) is 0.812. The highest BCUT2D eigenvalue weighted by molar-refractivity contribution is 9.10. The second-order valence-corrected chi connectivity index (χ2v) is 6.85. The molecule has 114 valence electrons. The van der Waals surface area contributed by atoms with Crippen LogP contribution >= 0.6 is 15.9 Å². The van der Waals surface area contributed by atoms with Gasteiger partial charge in [0.2, 0.25) is 0 Å². The highest BCUT2D eigenvalue weighted by Gasteiger charge is 2.23. The molecule has 2 rings (SSSR count). The largest absolute Gasteiger partial charge is 0.392 e. The van der Waals surface area contributed by atoms with Gasteiger partial charge in [0, 0.05) is 13.5 Å². The van der Waals surface area contributed by atoms with Crippen LogP contribution in [0.2, 0.25) is 0 Å². The van der Waals surface area contributed by atoms with Crippen molar-refractivity contribution < 1.29 is 5.11 Å². The van der Waals surface area contributed by atoms with Gasteiger partial charge in [0.05, 0.1) is 22.0 Å². The van der Waals surface area contributed by atoms with E-state index in [2.05, 4.69) is 28.0 Å². The Labute approximate surface area is 130 Å². The first-order valence-corrected chi connectivity index (χ1v) is 8.81. The van der Waals surface area contributed by atoms with E-state index in [1.807, 2.05) is 11.7 Å². The zero-order chi connectivity index (χ0) is 14.5. The molecule has 1 aliphatic carbocycles. The Morgan fingerprint density at radius 1 is 1.25 bits per heavy atom. The zero-order valence-electron chi connectivity index (χ0n) is 12.7. The van der Waals surface area contributed by atoms with Crippen molar-refractivity contribution in [2.24, 2.45) is 13.0 Å². The summed E-state index contributed by atoms with van der Waals surface area (Å²) in [6, 6.07) is 0. The van der Waals surface area contributed by atoms with Crippen LogP contribution in [0.1, 0.15) is 63.3 Å². The Morgan fingerprint density at radius 2 is 1.85 bits per heavy atom. The van der Waals surface area contributed by atoms with Gasteiger partial charge < -0.3 is 5.11 Å². The summed E-state index contributed by atoms with van der Waals surface area (Å²) in [7, 11) is 1.98. The average Bonchev–Trinajstić information content (AvgIpc) is 2.65. The van der Waals surface area contributed by atoms with Gasteiger partial charge in [-0.2, -0.15) is 5.10 Å². The summed E-state index contributed by atoms with van der Waals surface area (Å²) < 4.78 is 3.02. The third kappa shape index (κ3) is 3.85. The molecule has 1 aliphatic rings. The topological polar surface area (TPSA) is 38.0 Å². The minimum absolute atomic E-state index is 0.232. The van der Waals surface area contributed by atoms with Crippen LogP contribution < -0.4 is 0 Å². The standard InChI is InChI=1S/C16H27BrN2O/c1-3-13-16(17)14(19(2)18-13)11-15(20)12-9-7-5-4-6-8-10-12/h12,15,20H,3-11H2,1-2H3. The van der Waals surface area contributed by atoms with E-state index in [0.29, 0.717) is 5.92 Å². The van der Waals surface area contributed by atoms with E-state index in [1.165, 1.54) is 44.9 Å². The summed E-state index contributed by atoms with van der Waals surface area (Å²) in [5.74, 6) is 0.460. The van der Waals surface area contributed by atoms with E-state index < -0.39 is 0 Å². The van der Waals surface area contributed by atoms with Gasteiger partial charge in [0.15, 0.2) is 0 Å². The quantitative estimate of drug-likeness (QED) is 0.897. The SMILES string of the molecule is CCc1nn(C)c(CC(O)C2CCCCCCC2)c1Br. The highest BCUT2D eigenvalue weighted by atomic mass is 79.9. The van der Waals surface area contributed by atoms with Crippen molar-refractivity contribution in [3.63, 3.8) is 0 Å². The van der Waals surface area contributed by atoms with E-state index in [-0.39, 0.29) is 6.10 Å². The number of aryl methyl sites for hydroxylation is 2. The molecule has 1 unspecified atom stereocenters. The third-order valence-electron chi connectivity index (χ3n) is 4.60. The number of nitrogens with zero attached hydrogens (tertiary/aromatic N) is 2. The van der Waals surface area contributed by atoms with Crippen molar-refractivity contribution in [3.05, 3.63) is 15.9 Å². The van der Waals surface area contributed by atoms with Crippen LogP contribution in [0.15, 0.2) is 4.47 Å². The number of aliphatic hydroxyl groups excluding tert-OH is 1. The molecule has 1 aromatic heterocycles. The number of halogens is 1.